The van der Waals surface area contributed by atoms with Crippen LogP contribution < -0.4 is 5.32 Å². The molecule has 6 heteroatoms. The number of nitrogens with one attached hydrogen (secondary N) is 1. The second kappa shape index (κ2) is 6.18. The van der Waals surface area contributed by atoms with E-state index < -0.39 is 0 Å². The molecule has 1 aromatic heterocycles. The number of hydrogen-bond donors (Lipinski definition) is 1. The molecule has 1 heterocycles. The molecule has 0 bridgehead atoms. The van der Waals surface area contributed by atoms with E-state index in [1.165, 1.54) is 0 Å². The SMILES string of the molecule is CC(C)OC(=O)c1ccc(NCc2cn(C)nn2)cc1. The minimum Gasteiger partial charge on any atom is -0.459 e. The van der Waals surface area contributed by atoms with Crippen LogP contribution in [0, 0.1) is 0 Å². The third-order valence-electron chi connectivity index (χ3n) is 2.59. The molecule has 0 fully saturated rings. The molecular weight excluding hydrogens is 256 g/mol. The summed E-state index contributed by atoms with van der Waals surface area (Å²) < 4.78 is 6.78. The number of aryl methyl sites for hydroxylation is 1. The van der Waals surface area contributed by atoms with Crippen LogP contribution in [0.5, 0.6) is 0 Å². The van der Waals surface area contributed by atoms with Crippen LogP contribution in [0.25, 0.3) is 0 Å². The molecule has 0 radical (unpaired) electrons. The van der Waals surface area contributed by atoms with Crippen LogP contribution in [0.3, 0.4) is 0 Å². The van der Waals surface area contributed by atoms with E-state index in [9.17, 15) is 4.79 Å². The first kappa shape index (κ1) is 14.0. The Hall–Kier alpha value is -2.37. The molecule has 0 aliphatic rings. The Kier molecular flexibility index (Phi) is 4.34. The van der Waals surface area contributed by atoms with Crippen LogP contribution in [0.4, 0.5) is 5.69 Å². The van der Waals surface area contributed by atoms with E-state index in [1.54, 1.807) is 16.8 Å². The van der Waals surface area contributed by atoms with Crippen molar-refractivity contribution in [2.45, 2.75) is 26.5 Å². The molecule has 0 saturated heterocycles. The number of rotatable bonds is 5. The Morgan fingerprint density at radius 3 is 2.60 bits per heavy atom. The fourth-order valence-corrected chi connectivity index (χ4v) is 1.68. The molecule has 1 aromatic carbocycles. The number of anilines is 1. The van der Waals surface area contributed by atoms with Crippen molar-refractivity contribution in [1.29, 1.82) is 0 Å². The van der Waals surface area contributed by atoms with Gasteiger partial charge in [0.2, 0.25) is 0 Å². The Bertz CT molecular complexity index is 575. The van der Waals surface area contributed by atoms with E-state index in [0.717, 1.165) is 11.4 Å². The number of benzene rings is 1. The lowest BCUT2D eigenvalue weighted by atomic mass is 10.2. The second-order valence-electron chi connectivity index (χ2n) is 4.77. The molecule has 0 aliphatic carbocycles. The van der Waals surface area contributed by atoms with Gasteiger partial charge in [-0.1, -0.05) is 5.21 Å². The van der Waals surface area contributed by atoms with Crippen LogP contribution in [-0.2, 0) is 18.3 Å². The summed E-state index contributed by atoms with van der Waals surface area (Å²) in [6, 6.07) is 7.16. The predicted octanol–water partition coefficient (Wildman–Crippen LogP) is 1.99. The van der Waals surface area contributed by atoms with Gasteiger partial charge in [0.25, 0.3) is 0 Å². The lowest BCUT2D eigenvalue weighted by Crippen LogP contribution is -2.11. The van der Waals surface area contributed by atoms with Gasteiger partial charge in [-0.25, -0.2) is 4.79 Å². The van der Waals surface area contributed by atoms with Gasteiger partial charge in [-0.3, -0.25) is 4.68 Å². The number of esters is 1. The molecule has 0 aliphatic heterocycles. The largest absolute Gasteiger partial charge is 0.459 e. The molecule has 106 valence electrons. The molecule has 0 unspecified atom stereocenters. The monoisotopic (exact) mass is 274 g/mol. The summed E-state index contributed by atoms with van der Waals surface area (Å²) in [5, 5.41) is 11.1. The van der Waals surface area contributed by atoms with Gasteiger partial charge in [0.1, 0.15) is 5.69 Å². The minimum atomic E-state index is -0.305. The first-order chi connectivity index (χ1) is 9.54. The highest BCUT2D eigenvalue weighted by molar-refractivity contribution is 5.89. The van der Waals surface area contributed by atoms with Crippen molar-refractivity contribution >= 4 is 11.7 Å². The summed E-state index contributed by atoms with van der Waals surface area (Å²) in [4.78, 5) is 11.7. The van der Waals surface area contributed by atoms with Crippen molar-refractivity contribution in [3.05, 3.63) is 41.7 Å². The second-order valence-corrected chi connectivity index (χ2v) is 4.77. The summed E-state index contributed by atoms with van der Waals surface area (Å²) in [5.41, 5.74) is 2.32. The Morgan fingerprint density at radius 1 is 1.35 bits per heavy atom. The summed E-state index contributed by atoms with van der Waals surface area (Å²) in [5.74, 6) is -0.305. The minimum absolute atomic E-state index is 0.114. The smallest absolute Gasteiger partial charge is 0.338 e. The topological polar surface area (TPSA) is 69.0 Å². The Balaban J connectivity index is 1.93. The molecule has 1 N–H and O–H groups in total. The quantitative estimate of drug-likeness (QED) is 0.844. The summed E-state index contributed by atoms with van der Waals surface area (Å²) in [6.07, 6.45) is 1.73. The van der Waals surface area contributed by atoms with Gasteiger partial charge in [0, 0.05) is 18.9 Å². The van der Waals surface area contributed by atoms with Crippen molar-refractivity contribution < 1.29 is 9.53 Å². The Morgan fingerprint density at radius 2 is 2.05 bits per heavy atom. The predicted molar refractivity (Wildman–Crippen MR) is 75.3 cm³/mol. The molecule has 0 spiro atoms. The lowest BCUT2D eigenvalue weighted by Gasteiger charge is -2.09. The summed E-state index contributed by atoms with van der Waals surface area (Å²) in [6.45, 7) is 4.24. The van der Waals surface area contributed by atoms with E-state index in [4.69, 9.17) is 4.74 Å². The average molecular weight is 274 g/mol. The number of carbonyl (C=O) groups is 1. The van der Waals surface area contributed by atoms with Crippen LogP contribution in [0.15, 0.2) is 30.5 Å². The standard InChI is InChI=1S/C14H18N4O2/c1-10(2)20-14(19)11-4-6-12(7-5-11)15-8-13-9-18(3)17-16-13/h4-7,9-10,15H,8H2,1-3H3. The number of nitrogens with zero attached hydrogens (tertiary/aromatic N) is 3. The van der Waals surface area contributed by atoms with Crippen molar-refractivity contribution in [3.8, 4) is 0 Å². The highest BCUT2D eigenvalue weighted by Crippen LogP contribution is 2.12. The van der Waals surface area contributed by atoms with E-state index in [-0.39, 0.29) is 12.1 Å². The van der Waals surface area contributed by atoms with Crippen LogP contribution in [0.1, 0.15) is 29.9 Å². The van der Waals surface area contributed by atoms with Crippen LogP contribution in [0.2, 0.25) is 0 Å². The summed E-state index contributed by atoms with van der Waals surface area (Å²) >= 11 is 0. The zero-order chi connectivity index (χ0) is 14.5. The zero-order valence-corrected chi connectivity index (χ0v) is 11.8. The molecule has 0 amide bonds. The lowest BCUT2D eigenvalue weighted by molar-refractivity contribution is 0.0378. The van der Waals surface area contributed by atoms with Crippen LogP contribution >= 0.6 is 0 Å². The molecule has 20 heavy (non-hydrogen) atoms. The van der Waals surface area contributed by atoms with Gasteiger partial charge in [-0.2, -0.15) is 0 Å². The van der Waals surface area contributed by atoms with Gasteiger partial charge in [0.05, 0.1) is 18.2 Å². The van der Waals surface area contributed by atoms with Crippen molar-refractivity contribution in [3.63, 3.8) is 0 Å². The maximum absolute atomic E-state index is 11.7. The van der Waals surface area contributed by atoms with Gasteiger partial charge in [-0.15, -0.1) is 5.10 Å². The van der Waals surface area contributed by atoms with Gasteiger partial charge in [-0.05, 0) is 38.1 Å². The van der Waals surface area contributed by atoms with Crippen LogP contribution in [-0.4, -0.2) is 27.1 Å². The third-order valence-corrected chi connectivity index (χ3v) is 2.59. The fraction of sp³-hybridized carbons (Fsp3) is 0.357. The number of carbonyl (C=O) groups excluding carboxylic acids is 1. The zero-order valence-electron chi connectivity index (χ0n) is 11.8. The molecule has 0 saturated carbocycles. The van der Waals surface area contributed by atoms with Crippen molar-refractivity contribution in [2.75, 3.05) is 5.32 Å². The highest BCUT2D eigenvalue weighted by atomic mass is 16.5. The number of hydrogen-bond acceptors (Lipinski definition) is 5. The van der Waals surface area contributed by atoms with E-state index >= 15 is 0 Å². The maximum atomic E-state index is 11.7. The van der Waals surface area contributed by atoms with Crippen molar-refractivity contribution in [1.82, 2.24) is 15.0 Å². The van der Waals surface area contributed by atoms with Gasteiger partial charge in [0.15, 0.2) is 0 Å². The van der Waals surface area contributed by atoms with Gasteiger partial charge >= 0.3 is 5.97 Å². The van der Waals surface area contributed by atoms with Crippen molar-refractivity contribution in [2.24, 2.45) is 7.05 Å². The molecule has 6 nitrogen and oxygen atoms in total. The molecular formula is C14H18N4O2. The third kappa shape index (κ3) is 3.81. The van der Waals surface area contributed by atoms with E-state index in [1.807, 2.05) is 39.2 Å². The first-order valence-electron chi connectivity index (χ1n) is 6.44. The normalized spacial score (nSPS) is 10.6. The molecule has 0 atom stereocenters. The van der Waals surface area contributed by atoms with Gasteiger partial charge < -0.3 is 10.1 Å². The first-order valence-corrected chi connectivity index (χ1v) is 6.44. The highest BCUT2D eigenvalue weighted by Gasteiger charge is 2.08. The van der Waals surface area contributed by atoms with E-state index in [2.05, 4.69) is 15.6 Å². The summed E-state index contributed by atoms with van der Waals surface area (Å²) in [7, 11) is 1.83. The fourth-order valence-electron chi connectivity index (χ4n) is 1.68. The Labute approximate surface area is 117 Å². The number of ether oxygens (including phenoxy) is 1. The van der Waals surface area contributed by atoms with E-state index in [0.29, 0.717) is 12.1 Å². The molecule has 2 rings (SSSR count). The average Bonchev–Trinajstić information content (AvgIpc) is 2.82. The number of aromatic nitrogens is 3. The molecule has 2 aromatic rings. The maximum Gasteiger partial charge on any atom is 0.338 e.